The van der Waals surface area contributed by atoms with Gasteiger partial charge in [0.05, 0.1) is 11.3 Å². The maximum atomic E-state index is 11.8. The van der Waals surface area contributed by atoms with E-state index in [9.17, 15) is 9.90 Å². The summed E-state index contributed by atoms with van der Waals surface area (Å²) >= 11 is 0. The van der Waals surface area contributed by atoms with E-state index in [0.717, 1.165) is 42.6 Å². The minimum Gasteiger partial charge on any atom is -0.388 e. The van der Waals surface area contributed by atoms with Crippen LogP contribution in [0.2, 0.25) is 0 Å². The quantitative estimate of drug-likeness (QED) is 0.787. The highest BCUT2D eigenvalue weighted by molar-refractivity contribution is 5.73. The van der Waals surface area contributed by atoms with E-state index in [1.54, 1.807) is 0 Å². The number of amides is 2. The zero-order valence-electron chi connectivity index (χ0n) is 13.5. The van der Waals surface area contributed by atoms with Gasteiger partial charge in [-0.15, -0.1) is 0 Å². The molecule has 0 unspecified atom stereocenters. The number of carbonyl (C=O) groups excluding carboxylic acids is 1. The van der Waals surface area contributed by atoms with E-state index in [4.69, 9.17) is 0 Å². The average Bonchev–Trinajstić information content (AvgIpc) is 3.13. The van der Waals surface area contributed by atoms with Crippen molar-refractivity contribution in [3.05, 3.63) is 35.8 Å². The van der Waals surface area contributed by atoms with Crippen LogP contribution in [-0.4, -0.2) is 39.2 Å². The fraction of sp³-hybridized carbons (Fsp3) is 0.529. The molecule has 6 nitrogen and oxygen atoms in total. The summed E-state index contributed by atoms with van der Waals surface area (Å²) in [6.07, 6.45) is 8.26. The van der Waals surface area contributed by atoms with Gasteiger partial charge in [0.1, 0.15) is 5.65 Å². The molecule has 1 aliphatic carbocycles. The lowest BCUT2D eigenvalue weighted by Crippen LogP contribution is -2.45. The monoisotopic (exact) mass is 316 g/mol. The number of pyridine rings is 1. The van der Waals surface area contributed by atoms with Crippen LogP contribution in [0.4, 0.5) is 4.79 Å². The van der Waals surface area contributed by atoms with Gasteiger partial charge in [-0.05, 0) is 31.4 Å². The molecule has 6 heteroatoms. The van der Waals surface area contributed by atoms with Crippen molar-refractivity contribution in [1.82, 2.24) is 20.0 Å². The lowest BCUT2D eigenvalue weighted by molar-refractivity contribution is 0.0501. The molecule has 1 aliphatic rings. The van der Waals surface area contributed by atoms with Crippen LogP contribution in [0.3, 0.4) is 0 Å². The number of hydrogen-bond acceptors (Lipinski definition) is 3. The molecule has 2 aromatic rings. The van der Waals surface area contributed by atoms with Crippen LogP contribution in [0.5, 0.6) is 0 Å². The van der Waals surface area contributed by atoms with Crippen molar-refractivity contribution in [3.63, 3.8) is 0 Å². The second-order valence-electron chi connectivity index (χ2n) is 6.45. The summed E-state index contributed by atoms with van der Waals surface area (Å²) in [5.74, 6) is 0. The van der Waals surface area contributed by atoms with Crippen molar-refractivity contribution in [2.75, 3.05) is 13.1 Å². The third kappa shape index (κ3) is 3.82. The topological polar surface area (TPSA) is 78.7 Å². The molecule has 3 N–H and O–H groups in total. The normalized spacial score (nSPS) is 16.6. The molecule has 2 heterocycles. The first-order valence-electron chi connectivity index (χ1n) is 8.23. The fourth-order valence-electron chi connectivity index (χ4n) is 3.15. The Balaban J connectivity index is 1.45. The summed E-state index contributed by atoms with van der Waals surface area (Å²) < 4.78 is 2.00. The van der Waals surface area contributed by atoms with Crippen molar-refractivity contribution in [2.24, 2.45) is 0 Å². The molecule has 0 spiro atoms. The van der Waals surface area contributed by atoms with E-state index in [1.807, 2.05) is 35.9 Å². The highest BCUT2D eigenvalue weighted by atomic mass is 16.3. The molecular weight excluding hydrogens is 292 g/mol. The van der Waals surface area contributed by atoms with E-state index in [2.05, 4.69) is 15.6 Å². The number of nitrogens with one attached hydrogen (secondary N) is 2. The third-order valence-corrected chi connectivity index (χ3v) is 4.51. The summed E-state index contributed by atoms with van der Waals surface area (Å²) in [5, 5.41) is 15.8. The summed E-state index contributed by atoms with van der Waals surface area (Å²) in [6, 6.07) is 3.80. The Morgan fingerprint density at radius 3 is 2.91 bits per heavy atom. The van der Waals surface area contributed by atoms with Crippen LogP contribution in [0, 0.1) is 6.92 Å². The van der Waals surface area contributed by atoms with Crippen molar-refractivity contribution < 1.29 is 9.90 Å². The van der Waals surface area contributed by atoms with Gasteiger partial charge in [-0.1, -0.05) is 18.9 Å². The summed E-state index contributed by atoms with van der Waals surface area (Å²) in [4.78, 5) is 16.4. The molecule has 0 saturated heterocycles. The Morgan fingerprint density at radius 1 is 1.39 bits per heavy atom. The van der Waals surface area contributed by atoms with E-state index in [1.165, 1.54) is 0 Å². The minimum atomic E-state index is -0.712. The molecule has 1 saturated carbocycles. The number of hydrogen-bond donors (Lipinski definition) is 3. The maximum absolute atomic E-state index is 11.8. The first-order valence-corrected chi connectivity index (χ1v) is 8.23. The molecule has 0 bridgehead atoms. The Labute approximate surface area is 135 Å². The number of carbonyl (C=O) groups is 1. The number of aryl methyl sites for hydroxylation is 1. The predicted octanol–water partition coefficient (Wildman–Crippen LogP) is 1.79. The van der Waals surface area contributed by atoms with Gasteiger partial charge in [-0.3, -0.25) is 0 Å². The van der Waals surface area contributed by atoms with E-state index >= 15 is 0 Å². The third-order valence-electron chi connectivity index (χ3n) is 4.51. The Kier molecular flexibility index (Phi) is 4.52. The second kappa shape index (κ2) is 6.58. The maximum Gasteiger partial charge on any atom is 0.314 e. The molecule has 2 aromatic heterocycles. The van der Waals surface area contributed by atoms with Crippen LogP contribution in [0.25, 0.3) is 5.65 Å². The highest BCUT2D eigenvalue weighted by Gasteiger charge is 2.31. The first kappa shape index (κ1) is 15.8. The smallest absolute Gasteiger partial charge is 0.314 e. The zero-order valence-corrected chi connectivity index (χ0v) is 13.5. The molecule has 2 amide bonds. The van der Waals surface area contributed by atoms with Crippen LogP contribution in [0.15, 0.2) is 24.5 Å². The van der Waals surface area contributed by atoms with Gasteiger partial charge in [0.2, 0.25) is 0 Å². The van der Waals surface area contributed by atoms with Gasteiger partial charge < -0.3 is 20.1 Å². The molecule has 1 fully saturated rings. The van der Waals surface area contributed by atoms with E-state index < -0.39 is 5.60 Å². The van der Waals surface area contributed by atoms with Gasteiger partial charge in [0.15, 0.2) is 0 Å². The molecule has 0 atom stereocenters. The standard InChI is InChI=1S/C17H24N4O2/c1-13-5-4-10-21-11-14(20-15(13)21)6-9-18-16(22)19-12-17(23)7-2-3-8-17/h4-5,10-11,23H,2-3,6-9,12H2,1H3,(H2,18,19,22). The van der Waals surface area contributed by atoms with Gasteiger partial charge in [0, 0.05) is 31.9 Å². The zero-order chi connectivity index (χ0) is 16.3. The highest BCUT2D eigenvalue weighted by Crippen LogP contribution is 2.28. The summed E-state index contributed by atoms with van der Waals surface area (Å²) in [7, 11) is 0. The Morgan fingerprint density at radius 2 is 2.17 bits per heavy atom. The largest absolute Gasteiger partial charge is 0.388 e. The summed E-state index contributed by atoms with van der Waals surface area (Å²) in [5.41, 5.74) is 2.33. The Hall–Kier alpha value is -2.08. The molecule has 0 radical (unpaired) electrons. The lowest BCUT2D eigenvalue weighted by Gasteiger charge is -2.22. The molecular formula is C17H24N4O2. The van der Waals surface area contributed by atoms with E-state index in [0.29, 0.717) is 19.5 Å². The van der Waals surface area contributed by atoms with Crippen molar-refractivity contribution in [3.8, 4) is 0 Å². The van der Waals surface area contributed by atoms with E-state index in [-0.39, 0.29) is 6.03 Å². The van der Waals surface area contributed by atoms with Crippen LogP contribution in [0.1, 0.15) is 36.9 Å². The number of nitrogens with zero attached hydrogens (tertiary/aromatic N) is 2. The van der Waals surface area contributed by atoms with Crippen LogP contribution < -0.4 is 10.6 Å². The Bertz CT molecular complexity index is 689. The number of rotatable bonds is 5. The van der Waals surface area contributed by atoms with Crippen molar-refractivity contribution in [1.29, 1.82) is 0 Å². The SMILES string of the molecule is Cc1cccn2cc(CCNC(=O)NCC3(O)CCCC3)nc12. The lowest BCUT2D eigenvalue weighted by atomic mass is 10.0. The van der Waals surface area contributed by atoms with Crippen molar-refractivity contribution >= 4 is 11.7 Å². The molecule has 0 aromatic carbocycles. The predicted molar refractivity (Wildman–Crippen MR) is 88.5 cm³/mol. The minimum absolute atomic E-state index is 0.231. The molecule has 23 heavy (non-hydrogen) atoms. The van der Waals surface area contributed by atoms with Gasteiger partial charge in [0.25, 0.3) is 0 Å². The fourth-order valence-corrected chi connectivity index (χ4v) is 3.15. The average molecular weight is 316 g/mol. The van der Waals surface area contributed by atoms with Gasteiger partial charge in [-0.25, -0.2) is 9.78 Å². The van der Waals surface area contributed by atoms with Crippen LogP contribution >= 0.6 is 0 Å². The number of fused-ring (bicyclic) bond motifs is 1. The number of urea groups is 1. The summed E-state index contributed by atoms with van der Waals surface area (Å²) in [6.45, 7) is 2.88. The molecule has 124 valence electrons. The second-order valence-corrected chi connectivity index (χ2v) is 6.45. The molecule has 0 aliphatic heterocycles. The molecule has 3 rings (SSSR count). The van der Waals surface area contributed by atoms with Gasteiger partial charge >= 0.3 is 6.03 Å². The number of imidazole rings is 1. The number of aromatic nitrogens is 2. The van der Waals surface area contributed by atoms with Crippen LogP contribution in [-0.2, 0) is 6.42 Å². The first-order chi connectivity index (χ1) is 11.1. The number of aliphatic hydroxyl groups is 1. The van der Waals surface area contributed by atoms with Gasteiger partial charge in [-0.2, -0.15) is 0 Å². The van der Waals surface area contributed by atoms with Crippen molar-refractivity contribution in [2.45, 2.75) is 44.6 Å².